The van der Waals surface area contributed by atoms with Crippen LogP contribution in [0, 0.1) is 5.92 Å². The van der Waals surface area contributed by atoms with Crippen LogP contribution in [0.25, 0.3) is 0 Å². The van der Waals surface area contributed by atoms with Gasteiger partial charge in [0.15, 0.2) is 5.76 Å². The molecule has 1 N–H and O–H groups in total. The van der Waals surface area contributed by atoms with Gasteiger partial charge in [-0.25, -0.2) is 13.1 Å². The molecule has 1 fully saturated rings. The molecule has 1 saturated heterocycles. The largest absolute Gasteiger partial charge is 0.438 e. The van der Waals surface area contributed by atoms with Crippen molar-refractivity contribution in [2.24, 2.45) is 5.92 Å². The summed E-state index contributed by atoms with van der Waals surface area (Å²) in [6, 6.07) is 2.75. The first-order chi connectivity index (χ1) is 10.5. The van der Waals surface area contributed by atoms with Crippen molar-refractivity contribution < 1.29 is 17.6 Å². The van der Waals surface area contributed by atoms with Crippen LogP contribution in [0.1, 0.15) is 49.6 Å². The lowest BCUT2D eigenvalue weighted by Crippen LogP contribution is -2.31. The molecule has 0 spiro atoms. The van der Waals surface area contributed by atoms with Gasteiger partial charge in [-0.1, -0.05) is 19.8 Å². The fourth-order valence-corrected chi connectivity index (χ4v) is 3.55. The Morgan fingerprint density at radius 3 is 2.82 bits per heavy atom. The highest BCUT2D eigenvalue weighted by molar-refractivity contribution is 7.89. The minimum Gasteiger partial charge on any atom is -0.438 e. The van der Waals surface area contributed by atoms with Crippen molar-refractivity contribution in [2.45, 2.75) is 44.1 Å². The second kappa shape index (κ2) is 7.28. The number of carbonyl (C=O) groups is 1. The fraction of sp³-hybridized carbons (Fsp3) is 0.667. The van der Waals surface area contributed by atoms with Crippen LogP contribution in [-0.2, 0) is 10.0 Å². The lowest BCUT2D eigenvalue weighted by Gasteiger charge is -2.19. The van der Waals surface area contributed by atoms with E-state index in [1.165, 1.54) is 32.0 Å². The molecule has 0 bridgehead atoms. The van der Waals surface area contributed by atoms with Gasteiger partial charge in [0, 0.05) is 13.1 Å². The minimum atomic E-state index is -3.65. The van der Waals surface area contributed by atoms with Gasteiger partial charge in [0.2, 0.25) is 5.09 Å². The molecule has 0 aromatic carbocycles. The predicted molar refractivity (Wildman–Crippen MR) is 83.1 cm³/mol. The van der Waals surface area contributed by atoms with E-state index >= 15 is 0 Å². The molecule has 0 radical (unpaired) electrons. The van der Waals surface area contributed by atoms with Gasteiger partial charge in [0.05, 0.1) is 0 Å². The second-order valence-electron chi connectivity index (χ2n) is 5.70. The molecule has 1 amide bonds. The van der Waals surface area contributed by atoms with Crippen LogP contribution in [0.4, 0.5) is 0 Å². The molecular weight excluding hydrogens is 304 g/mol. The van der Waals surface area contributed by atoms with E-state index in [1.807, 2.05) is 0 Å². The van der Waals surface area contributed by atoms with Gasteiger partial charge in [-0.15, -0.1) is 0 Å². The van der Waals surface area contributed by atoms with Gasteiger partial charge >= 0.3 is 0 Å². The highest BCUT2D eigenvalue weighted by atomic mass is 32.2. The number of nitrogens with zero attached hydrogens (tertiary/aromatic N) is 1. The summed E-state index contributed by atoms with van der Waals surface area (Å²) < 4.78 is 30.7. The van der Waals surface area contributed by atoms with E-state index in [1.54, 1.807) is 4.90 Å². The van der Waals surface area contributed by atoms with E-state index in [2.05, 4.69) is 11.6 Å². The molecule has 2 heterocycles. The Labute approximate surface area is 131 Å². The number of amides is 1. The Morgan fingerprint density at radius 2 is 2.14 bits per heavy atom. The highest BCUT2D eigenvalue weighted by Gasteiger charge is 2.25. The van der Waals surface area contributed by atoms with Gasteiger partial charge in [-0.3, -0.25) is 4.79 Å². The molecule has 1 aromatic rings. The zero-order chi connectivity index (χ0) is 16.2. The molecule has 0 aliphatic carbocycles. The molecule has 0 saturated carbocycles. The SMILES string of the molecule is CCC[C@H]1CCCN(C(=O)c2ccc(S(=O)(=O)NC)o2)CC1. The molecule has 2 rings (SSSR count). The average Bonchev–Trinajstić information content (AvgIpc) is 2.89. The Morgan fingerprint density at radius 1 is 1.36 bits per heavy atom. The molecular formula is C15H24N2O4S. The lowest BCUT2D eigenvalue weighted by atomic mass is 9.96. The van der Waals surface area contributed by atoms with Crippen LogP contribution in [0.3, 0.4) is 0 Å². The molecule has 7 heteroatoms. The first kappa shape index (κ1) is 17.0. The van der Waals surface area contributed by atoms with Gasteiger partial charge in [-0.2, -0.15) is 0 Å². The zero-order valence-corrected chi connectivity index (χ0v) is 14.0. The first-order valence-corrected chi connectivity index (χ1v) is 9.29. The normalized spacial score (nSPS) is 19.9. The Bertz CT molecular complexity index is 609. The summed E-state index contributed by atoms with van der Waals surface area (Å²) >= 11 is 0. The third-order valence-corrected chi connectivity index (χ3v) is 5.44. The minimum absolute atomic E-state index is 0.0859. The molecule has 0 unspecified atom stereocenters. The van der Waals surface area contributed by atoms with Crippen molar-refractivity contribution in [3.05, 3.63) is 17.9 Å². The standard InChI is InChI=1S/C15H24N2O4S/c1-3-5-12-6-4-10-17(11-9-12)15(18)13-7-8-14(21-13)22(19,20)16-2/h7-8,12,16H,3-6,9-11H2,1-2H3/t12-/m0/s1. The predicted octanol–water partition coefficient (Wildman–Crippen LogP) is 2.23. The van der Waals surface area contributed by atoms with Crippen molar-refractivity contribution in [1.29, 1.82) is 0 Å². The average molecular weight is 328 g/mol. The molecule has 1 atom stereocenters. The first-order valence-electron chi connectivity index (χ1n) is 7.80. The van der Waals surface area contributed by atoms with Crippen molar-refractivity contribution in [2.75, 3.05) is 20.1 Å². The summed E-state index contributed by atoms with van der Waals surface area (Å²) in [5, 5.41) is -0.225. The topological polar surface area (TPSA) is 79.6 Å². The summed E-state index contributed by atoms with van der Waals surface area (Å²) in [5.41, 5.74) is 0. The lowest BCUT2D eigenvalue weighted by molar-refractivity contribution is 0.0722. The van der Waals surface area contributed by atoms with Gasteiger partial charge in [0.1, 0.15) is 0 Å². The summed E-state index contributed by atoms with van der Waals surface area (Å²) in [6.07, 6.45) is 5.51. The van der Waals surface area contributed by atoms with Crippen molar-refractivity contribution in [1.82, 2.24) is 9.62 Å². The van der Waals surface area contributed by atoms with Gasteiger partial charge < -0.3 is 9.32 Å². The summed E-state index contributed by atoms with van der Waals surface area (Å²) in [4.78, 5) is 14.2. The number of sulfonamides is 1. The second-order valence-corrected chi connectivity index (χ2v) is 7.52. The van der Waals surface area contributed by atoms with Crippen molar-refractivity contribution in [3.63, 3.8) is 0 Å². The van der Waals surface area contributed by atoms with Crippen LogP contribution in [0.2, 0.25) is 0 Å². The molecule has 22 heavy (non-hydrogen) atoms. The van der Waals surface area contributed by atoms with E-state index in [9.17, 15) is 13.2 Å². The van der Waals surface area contributed by atoms with Crippen LogP contribution >= 0.6 is 0 Å². The number of rotatable bonds is 5. The van der Waals surface area contributed by atoms with Crippen LogP contribution in [-0.4, -0.2) is 39.4 Å². The van der Waals surface area contributed by atoms with Crippen molar-refractivity contribution in [3.8, 4) is 0 Å². The third kappa shape index (κ3) is 3.89. The summed E-state index contributed by atoms with van der Waals surface area (Å²) in [5.74, 6) is 0.539. The summed E-state index contributed by atoms with van der Waals surface area (Å²) in [7, 11) is -2.34. The summed E-state index contributed by atoms with van der Waals surface area (Å²) in [6.45, 7) is 3.59. The van der Waals surface area contributed by atoms with E-state index in [0.717, 1.165) is 19.3 Å². The molecule has 1 aliphatic rings. The molecule has 124 valence electrons. The monoisotopic (exact) mass is 328 g/mol. The van der Waals surface area contributed by atoms with Crippen LogP contribution < -0.4 is 4.72 Å². The number of furan rings is 1. The maximum Gasteiger partial charge on any atom is 0.289 e. The molecule has 1 aliphatic heterocycles. The van der Waals surface area contributed by atoms with Crippen molar-refractivity contribution >= 4 is 15.9 Å². The maximum atomic E-state index is 12.5. The third-order valence-electron chi connectivity index (χ3n) is 4.16. The van der Waals surface area contributed by atoms with Gasteiger partial charge in [-0.05, 0) is 44.4 Å². The maximum absolute atomic E-state index is 12.5. The van der Waals surface area contributed by atoms with E-state index in [0.29, 0.717) is 19.0 Å². The molecule has 6 nitrogen and oxygen atoms in total. The Hall–Kier alpha value is -1.34. The van der Waals surface area contributed by atoms with E-state index in [-0.39, 0.29) is 16.8 Å². The van der Waals surface area contributed by atoms with Crippen LogP contribution in [0.5, 0.6) is 0 Å². The number of likely N-dealkylation sites (tertiary alicyclic amines) is 1. The zero-order valence-electron chi connectivity index (χ0n) is 13.2. The number of hydrogen-bond donors (Lipinski definition) is 1. The fourth-order valence-electron chi connectivity index (χ4n) is 2.90. The Kier molecular flexibility index (Phi) is 5.63. The number of nitrogens with one attached hydrogen (secondary N) is 1. The highest BCUT2D eigenvalue weighted by Crippen LogP contribution is 2.23. The quantitative estimate of drug-likeness (QED) is 0.899. The van der Waals surface area contributed by atoms with E-state index < -0.39 is 10.0 Å². The van der Waals surface area contributed by atoms with Gasteiger partial charge in [0.25, 0.3) is 15.9 Å². The molecule has 1 aromatic heterocycles. The number of carbonyl (C=O) groups excluding carboxylic acids is 1. The van der Waals surface area contributed by atoms with Crippen LogP contribution in [0.15, 0.2) is 21.6 Å². The number of hydrogen-bond acceptors (Lipinski definition) is 4. The van der Waals surface area contributed by atoms with E-state index in [4.69, 9.17) is 4.42 Å². The Balaban J connectivity index is 2.06. The smallest absolute Gasteiger partial charge is 0.289 e.